The van der Waals surface area contributed by atoms with E-state index in [1.165, 1.54) is 11.8 Å². The molecule has 0 unspecified atom stereocenters. The highest BCUT2D eigenvalue weighted by molar-refractivity contribution is 6.06. The summed E-state index contributed by atoms with van der Waals surface area (Å²) in [4.78, 5) is 38.8. The Balaban J connectivity index is 1.72. The molecule has 4 aromatic rings. The van der Waals surface area contributed by atoms with E-state index >= 15 is 0 Å². The average Bonchev–Trinajstić information content (AvgIpc) is 3.44. The van der Waals surface area contributed by atoms with Crippen LogP contribution in [-0.2, 0) is 4.79 Å². The molecule has 0 atom stereocenters. The van der Waals surface area contributed by atoms with Crippen molar-refractivity contribution in [1.82, 2.24) is 19.4 Å². The third kappa shape index (κ3) is 4.27. The number of allylic oxidation sites excluding steroid dienone is 1. The summed E-state index contributed by atoms with van der Waals surface area (Å²) in [5, 5.41) is 11.4. The van der Waals surface area contributed by atoms with Crippen LogP contribution >= 0.6 is 0 Å². The van der Waals surface area contributed by atoms with Crippen LogP contribution in [0.4, 0.5) is 10.5 Å². The maximum atomic E-state index is 12.0. The van der Waals surface area contributed by atoms with Crippen molar-refractivity contribution < 1.29 is 19.1 Å². The number of amides is 3. The first-order valence-electron chi connectivity index (χ1n) is 11.7. The molecule has 0 radical (unpaired) electrons. The molecular formula is C25H26N8O4. The molecule has 2 heterocycles. The molecular weight excluding hydrogens is 476 g/mol. The lowest BCUT2D eigenvalue weighted by Gasteiger charge is -2.30. The molecule has 0 aliphatic heterocycles. The Morgan fingerprint density at radius 1 is 1.22 bits per heavy atom. The minimum Gasteiger partial charge on any atom is -0.510 e. The van der Waals surface area contributed by atoms with E-state index in [4.69, 9.17) is 21.0 Å². The predicted molar refractivity (Wildman–Crippen MR) is 138 cm³/mol. The van der Waals surface area contributed by atoms with Gasteiger partial charge in [-0.05, 0) is 56.5 Å². The molecule has 1 aliphatic carbocycles. The van der Waals surface area contributed by atoms with Gasteiger partial charge in [-0.3, -0.25) is 9.69 Å². The quantitative estimate of drug-likeness (QED) is 0.0689. The Morgan fingerprint density at radius 3 is 2.59 bits per heavy atom. The number of rotatable bonds is 6. The van der Waals surface area contributed by atoms with Gasteiger partial charge in [-0.2, -0.15) is 0 Å². The number of para-hydroxylation sites is 2. The number of fused-ring (bicyclic) bond motifs is 2. The largest absolute Gasteiger partial charge is 0.510 e. The number of aromatic nitrogens is 3. The van der Waals surface area contributed by atoms with Crippen LogP contribution in [0.2, 0.25) is 0 Å². The minimum absolute atomic E-state index is 0.0645. The van der Waals surface area contributed by atoms with Gasteiger partial charge in [0.2, 0.25) is 12.3 Å². The second-order valence-electron chi connectivity index (χ2n) is 8.84. The number of urea groups is 1. The molecule has 0 bridgehead atoms. The Labute approximate surface area is 211 Å². The molecule has 1 fully saturated rings. The van der Waals surface area contributed by atoms with Gasteiger partial charge in [-0.25, -0.2) is 30.6 Å². The number of aliphatic imine (C=N–C) groups is 1. The average molecular weight is 503 g/mol. The van der Waals surface area contributed by atoms with E-state index in [1.807, 2.05) is 16.7 Å². The molecule has 12 heteroatoms. The number of carbonyl (C=O) groups excluding carboxylic acids is 2. The first-order valence-corrected chi connectivity index (χ1v) is 11.7. The highest BCUT2D eigenvalue weighted by Gasteiger charge is 2.29. The first kappa shape index (κ1) is 24.0. The van der Waals surface area contributed by atoms with Gasteiger partial charge in [0.25, 0.3) is 0 Å². The first-order chi connectivity index (χ1) is 17.8. The molecule has 2 aromatic heterocycles. The van der Waals surface area contributed by atoms with Crippen molar-refractivity contribution >= 4 is 51.8 Å². The van der Waals surface area contributed by atoms with E-state index in [9.17, 15) is 14.7 Å². The van der Waals surface area contributed by atoms with Crippen LogP contribution in [0.15, 0.2) is 57.6 Å². The molecule has 1 aliphatic rings. The van der Waals surface area contributed by atoms with E-state index < -0.39 is 6.03 Å². The van der Waals surface area contributed by atoms with Crippen molar-refractivity contribution in [3.05, 3.63) is 59.9 Å². The van der Waals surface area contributed by atoms with Gasteiger partial charge in [0.15, 0.2) is 22.9 Å². The standard InChI is InChI=1S/C25H26N8O4/c1-14(35)21(24-29-18-8-3-4-9-20(18)37-24)30-22(31(2)13-34)23-28-17-11-10-16(33(27)25(26)36)12-19(17)32(23)15-6-5-7-15/h3-4,8-13,15,35H,5-7,27H2,1-2H3,(H2,26,36)/b21-14+,30-22?. The predicted octanol–water partition coefficient (Wildman–Crippen LogP) is 3.44. The molecule has 0 saturated heterocycles. The number of imidazole rings is 1. The van der Waals surface area contributed by atoms with Gasteiger partial charge in [-0.15, -0.1) is 0 Å². The number of primary amides is 1. The number of aliphatic hydroxyl groups excluding tert-OH is 1. The zero-order valence-electron chi connectivity index (χ0n) is 20.3. The summed E-state index contributed by atoms with van der Waals surface area (Å²) in [6.45, 7) is 1.47. The second kappa shape index (κ2) is 9.39. The Bertz CT molecular complexity index is 1540. The van der Waals surface area contributed by atoms with Gasteiger partial charge < -0.3 is 19.8 Å². The summed E-state index contributed by atoms with van der Waals surface area (Å²) in [5.74, 6) is 6.39. The third-order valence-corrected chi connectivity index (χ3v) is 6.38. The van der Waals surface area contributed by atoms with Gasteiger partial charge in [0, 0.05) is 13.1 Å². The SMILES string of the molecule is C/C(O)=C(\N=C(c1nc2ccc(N(N)C(N)=O)cc2n1C1CCC1)N(C)C=O)c1nc2ccccc2o1. The lowest BCUT2D eigenvalue weighted by Crippen LogP contribution is -2.41. The Hall–Kier alpha value is -4.71. The van der Waals surface area contributed by atoms with Crippen LogP contribution in [0.25, 0.3) is 27.8 Å². The van der Waals surface area contributed by atoms with Crippen LogP contribution < -0.4 is 16.6 Å². The summed E-state index contributed by atoms with van der Waals surface area (Å²) < 4.78 is 7.82. The van der Waals surface area contributed by atoms with Crippen molar-refractivity contribution in [2.45, 2.75) is 32.2 Å². The molecule has 37 heavy (non-hydrogen) atoms. The Kier molecular flexibility index (Phi) is 6.09. The lowest BCUT2D eigenvalue weighted by atomic mass is 9.92. The number of nitrogens with zero attached hydrogens (tertiary/aromatic N) is 6. The molecule has 12 nitrogen and oxygen atoms in total. The topological polar surface area (TPSA) is 169 Å². The second-order valence-corrected chi connectivity index (χ2v) is 8.84. The summed E-state index contributed by atoms with van der Waals surface area (Å²) in [6, 6.07) is 11.6. The highest BCUT2D eigenvalue weighted by atomic mass is 16.4. The van der Waals surface area contributed by atoms with E-state index in [1.54, 1.807) is 37.4 Å². The van der Waals surface area contributed by atoms with Crippen LogP contribution in [0.5, 0.6) is 0 Å². The summed E-state index contributed by atoms with van der Waals surface area (Å²) in [6.07, 6.45) is 3.44. The zero-order valence-corrected chi connectivity index (χ0v) is 20.3. The number of hydrazine groups is 1. The number of aliphatic hydroxyl groups is 1. The number of benzene rings is 2. The maximum absolute atomic E-state index is 12.0. The maximum Gasteiger partial charge on any atom is 0.333 e. The molecule has 5 rings (SSSR count). The number of carbonyl (C=O) groups is 2. The van der Waals surface area contributed by atoms with E-state index in [2.05, 4.69) is 9.98 Å². The van der Waals surface area contributed by atoms with Gasteiger partial charge >= 0.3 is 6.03 Å². The number of oxazole rings is 1. The molecule has 3 amide bonds. The van der Waals surface area contributed by atoms with Crippen molar-refractivity contribution in [3.8, 4) is 0 Å². The monoisotopic (exact) mass is 502 g/mol. The Morgan fingerprint density at radius 2 is 1.97 bits per heavy atom. The molecule has 0 spiro atoms. The van der Waals surface area contributed by atoms with Crippen molar-refractivity contribution in [1.29, 1.82) is 0 Å². The highest BCUT2D eigenvalue weighted by Crippen LogP contribution is 2.37. The fourth-order valence-electron chi connectivity index (χ4n) is 4.23. The van der Waals surface area contributed by atoms with Crippen LogP contribution in [0.1, 0.15) is 43.9 Å². The van der Waals surface area contributed by atoms with E-state index in [0.717, 1.165) is 24.3 Å². The van der Waals surface area contributed by atoms with Crippen LogP contribution in [0.3, 0.4) is 0 Å². The summed E-state index contributed by atoms with van der Waals surface area (Å²) in [5.41, 5.74) is 8.27. The number of hydrogen-bond acceptors (Lipinski definition) is 8. The summed E-state index contributed by atoms with van der Waals surface area (Å²) in [7, 11) is 1.55. The fourth-order valence-corrected chi connectivity index (χ4v) is 4.23. The zero-order chi connectivity index (χ0) is 26.3. The molecule has 1 saturated carbocycles. The van der Waals surface area contributed by atoms with Crippen molar-refractivity contribution in [3.63, 3.8) is 0 Å². The van der Waals surface area contributed by atoms with Crippen molar-refractivity contribution in [2.24, 2.45) is 16.6 Å². The number of nitrogens with two attached hydrogens (primary N) is 2. The van der Waals surface area contributed by atoms with Gasteiger partial charge in [-0.1, -0.05) is 12.1 Å². The van der Waals surface area contributed by atoms with Crippen LogP contribution in [0, 0.1) is 0 Å². The van der Waals surface area contributed by atoms with Crippen LogP contribution in [-0.4, -0.2) is 49.9 Å². The summed E-state index contributed by atoms with van der Waals surface area (Å²) >= 11 is 0. The fraction of sp³-hybridized carbons (Fsp3) is 0.240. The molecule has 2 aromatic carbocycles. The van der Waals surface area contributed by atoms with Gasteiger partial charge in [0.05, 0.1) is 16.7 Å². The minimum atomic E-state index is -0.802. The number of hydrogen-bond donors (Lipinski definition) is 3. The van der Waals surface area contributed by atoms with E-state index in [-0.39, 0.29) is 29.2 Å². The number of anilines is 1. The van der Waals surface area contributed by atoms with Crippen molar-refractivity contribution in [2.75, 3.05) is 12.1 Å². The van der Waals surface area contributed by atoms with E-state index in [0.29, 0.717) is 40.1 Å². The number of amidine groups is 1. The smallest absolute Gasteiger partial charge is 0.333 e. The third-order valence-electron chi connectivity index (χ3n) is 6.38. The normalized spacial score (nSPS) is 14.9. The molecule has 5 N–H and O–H groups in total. The molecule has 190 valence electrons. The lowest BCUT2D eigenvalue weighted by molar-refractivity contribution is -0.114. The van der Waals surface area contributed by atoms with Gasteiger partial charge in [0.1, 0.15) is 11.3 Å².